The van der Waals surface area contributed by atoms with Gasteiger partial charge >= 0.3 is 0 Å². The number of benzene rings is 1. The molecular weight excluding hydrogens is 354 g/mol. The predicted molar refractivity (Wildman–Crippen MR) is 107 cm³/mol. The van der Waals surface area contributed by atoms with Gasteiger partial charge in [-0.15, -0.1) is 0 Å². The molecule has 0 spiro atoms. The van der Waals surface area contributed by atoms with E-state index < -0.39 is 0 Å². The minimum Gasteiger partial charge on any atom is -0.393 e. The van der Waals surface area contributed by atoms with Gasteiger partial charge in [0.25, 0.3) is 5.91 Å². The SMILES string of the molecule is Cc1ccc2[nH]c(=O)cc(C(=O)N[C@@H](Cc3ccccn3)C3CC(O)C3)c2c1. The molecule has 0 saturated heterocycles. The summed E-state index contributed by atoms with van der Waals surface area (Å²) < 4.78 is 0. The fourth-order valence-electron chi connectivity index (χ4n) is 3.84. The fourth-order valence-corrected chi connectivity index (χ4v) is 3.84. The Morgan fingerprint density at radius 2 is 2.11 bits per heavy atom. The maximum absolute atomic E-state index is 13.1. The highest BCUT2D eigenvalue weighted by atomic mass is 16.3. The zero-order chi connectivity index (χ0) is 19.7. The van der Waals surface area contributed by atoms with Crippen molar-refractivity contribution < 1.29 is 9.90 Å². The Kier molecular flexibility index (Phi) is 4.96. The van der Waals surface area contributed by atoms with E-state index in [0.29, 0.717) is 30.3 Å². The van der Waals surface area contributed by atoms with Crippen molar-refractivity contribution in [3.63, 3.8) is 0 Å². The Morgan fingerprint density at radius 1 is 1.29 bits per heavy atom. The van der Waals surface area contributed by atoms with Gasteiger partial charge in [0.2, 0.25) is 5.56 Å². The first kappa shape index (κ1) is 18.4. The molecule has 3 aromatic rings. The van der Waals surface area contributed by atoms with Crippen molar-refractivity contribution in [1.29, 1.82) is 0 Å². The second kappa shape index (κ2) is 7.56. The van der Waals surface area contributed by atoms with E-state index in [-0.39, 0.29) is 29.5 Å². The van der Waals surface area contributed by atoms with E-state index in [0.717, 1.165) is 16.6 Å². The summed E-state index contributed by atoms with van der Waals surface area (Å²) in [6, 6.07) is 12.5. The van der Waals surface area contributed by atoms with E-state index in [4.69, 9.17) is 0 Å². The molecule has 0 bridgehead atoms. The number of H-pyrrole nitrogens is 1. The lowest BCUT2D eigenvalue weighted by Gasteiger charge is -2.38. The van der Waals surface area contributed by atoms with Gasteiger partial charge in [0, 0.05) is 41.3 Å². The predicted octanol–water partition coefficient (Wildman–Crippen LogP) is 2.34. The second-order valence-electron chi connectivity index (χ2n) is 7.59. The summed E-state index contributed by atoms with van der Waals surface area (Å²) in [5.74, 6) is -0.0834. The Bertz CT molecular complexity index is 1060. The lowest BCUT2D eigenvalue weighted by molar-refractivity contribution is 0.0238. The Hall–Kier alpha value is -2.99. The number of amides is 1. The smallest absolute Gasteiger partial charge is 0.252 e. The monoisotopic (exact) mass is 377 g/mol. The number of aliphatic hydroxyl groups is 1. The number of pyridine rings is 2. The largest absolute Gasteiger partial charge is 0.393 e. The number of aliphatic hydroxyl groups excluding tert-OH is 1. The van der Waals surface area contributed by atoms with Crippen LogP contribution < -0.4 is 10.9 Å². The molecule has 6 heteroatoms. The van der Waals surface area contributed by atoms with Gasteiger partial charge in [0.1, 0.15) is 0 Å². The van der Waals surface area contributed by atoms with Crippen LogP contribution in [-0.4, -0.2) is 33.1 Å². The molecule has 1 aliphatic rings. The molecule has 3 N–H and O–H groups in total. The van der Waals surface area contributed by atoms with E-state index in [2.05, 4.69) is 15.3 Å². The molecular formula is C22H23N3O3. The Morgan fingerprint density at radius 3 is 2.82 bits per heavy atom. The maximum atomic E-state index is 13.1. The van der Waals surface area contributed by atoms with E-state index >= 15 is 0 Å². The van der Waals surface area contributed by atoms with Crippen molar-refractivity contribution in [2.24, 2.45) is 5.92 Å². The highest BCUT2D eigenvalue weighted by Crippen LogP contribution is 2.32. The molecule has 1 saturated carbocycles. The van der Waals surface area contributed by atoms with Crippen LogP contribution in [0.5, 0.6) is 0 Å². The molecule has 1 atom stereocenters. The molecule has 28 heavy (non-hydrogen) atoms. The minimum atomic E-state index is -0.309. The zero-order valence-corrected chi connectivity index (χ0v) is 15.7. The molecule has 0 aliphatic heterocycles. The molecule has 2 aromatic heterocycles. The summed E-state index contributed by atoms with van der Waals surface area (Å²) in [7, 11) is 0. The van der Waals surface area contributed by atoms with Crippen LogP contribution in [-0.2, 0) is 6.42 Å². The summed E-state index contributed by atoms with van der Waals surface area (Å²) in [4.78, 5) is 32.3. The molecule has 1 fully saturated rings. The summed E-state index contributed by atoms with van der Waals surface area (Å²) in [6.07, 6.45) is 3.33. The third-order valence-electron chi connectivity index (χ3n) is 5.43. The number of rotatable bonds is 5. The Balaban J connectivity index is 1.63. The van der Waals surface area contributed by atoms with E-state index in [1.54, 1.807) is 6.20 Å². The number of hydrogen-bond acceptors (Lipinski definition) is 4. The summed E-state index contributed by atoms with van der Waals surface area (Å²) in [5.41, 5.74) is 2.61. The van der Waals surface area contributed by atoms with Crippen molar-refractivity contribution in [2.75, 3.05) is 0 Å². The number of fused-ring (bicyclic) bond motifs is 1. The quantitative estimate of drug-likeness (QED) is 0.636. The molecule has 2 heterocycles. The van der Waals surface area contributed by atoms with Crippen molar-refractivity contribution in [3.05, 3.63) is 75.8 Å². The fraction of sp³-hybridized carbons (Fsp3) is 0.318. The van der Waals surface area contributed by atoms with Crippen LogP contribution in [0, 0.1) is 12.8 Å². The second-order valence-corrected chi connectivity index (χ2v) is 7.59. The van der Waals surface area contributed by atoms with E-state index in [1.165, 1.54) is 6.07 Å². The highest BCUT2D eigenvalue weighted by molar-refractivity contribution is 6.06. The third-order valence-corrected chi connectivity index (χ3v) is 5.43. The number of aromatic amines is 1. The lowest BCUT2D eigenvalue weighted by atomic mass is 9.75. The van der Waals surface area contributed by atoms with Crippen LogP contribution >= 0.6 is 0 Å². The van der Waals surface area contributed by atoms with Gasteiger partial charge < -0.3 is 15.4 Å². The molecule has 144 valence electrons. The van der Waals surface area contributed by atoms with Gasteiger partial charge in [-0.25, -0.2) is 0 Å². The molecule has 1 amide bonds. The van der Waals surface area contributed by atoms with Crippen LogP contribution in [0.1, 0.15) is 34.5 Å². The zero-order valence-electron chi connectivity index (χ0n) is 15.7. The summed E-state index contributed by atoms with van der Waals surface area (Å²) in [6.45, 7) is 1.95. The lowest BCUT2D eigenvalue weighted by Crippen LogP contribution is -2.48. The van der Waals surface area contributed by atoms with Crippen LogP contribution in [0.25, 0.3) is 10.9 Å². The van der Waals surface area contributed by atoms with Crippen molar-refractivity contribution in [2.45, 2.75) is 38.3 Å². The van der Waals surface area contributed by atoms with E-state index in [1.807, 2.05) is 43.3 Å². The van der Waals surface area contributed by atoms with Gasteiger partial charge in [-0.3, -0.25) is 14.6 Å². The highest BCUT2D eigenvalue weighted by Gasteiger charge is 2.35. The first-order chi connectivity index (χ1) is 13.5. The third kappa shape index (κ3) is 3.82. The number of carbonyl (C=O) groups excluding carboxylic acids is 1. The average molecular weight is 377 g/mol. The molecule has 1 aromatic carbocycles. The number of aromatic nitrogens is 2. The van der Waals surface area contributed by atoms with Crippen molar-refractivity contribution in [1.82, 2.24) is 15.3 Å². The Labute approximate surface area is 162 Å². The number of carbonyl (C=O) groups is 1. The molecule has 4 rings (SSSR count). The van der Waals surface area contributed by atoms with E-state index in [9.17, 15) is 14.7 Å². The first-order valence-electron chi connectivity index (χ1n) is 9.52. The molecule has 6 nitrogen and oxygen atoms in total. The van der Waals surface area contributed by atoms with Gasteiger partial charge in [-0.1, -0.05) is 17.7 Å². The van der Waals surface area contributed by atoms with Crippen LogP contribution in [0.15, 0.2) is 53.5 Å². The van der Waals surface area contributed by atoms with Crippen LogP contribution in [0.4, 0.5) is 0 Å². The molecule has 0 radical (unpaired) electrons. The normalized spacial score (nSPS) is 19.8. The van der Waals surface area contributed by atoms with Gasteiger partial charge in [0.05, 0.1) is 11.7 Å². The maximum Gasteiger partial charge on any atom is 0.252 e. The van der Waals surface area contributed by atoms with Crippen molar-refractivity contribution in [3.8, 4) is 0 Å². The average Bonchev–Trinajstić information content (AvgIpc) is 2.65. The topological polar surface area (TPSA) is 95.1 Å². The summed E-state index contributed by atoms with van der Waals surface area (Å²) in [5, 5.41) is 13.5. The number of aryl methyl sites for hydroxylation is 1. The first-order valence-corrected chi connectivity index (χ1v) is 9.52. The minimum absolute atomic E-state index is 0.148. The van der Waals surface area contributed by atoms with Gasteiger partial charge in [-0.05, 0) is 49.9 Å². The molecule has 0 unspecified atom stereocenters. The standard InChI is InChI=1S/C22H23N3O3/c1-13-5-6-19-17(8-13)18(12-21(27)24-19)22(28)25-20(14-9-16(26)10-14)11-15-4-2-3-7-23-15/h2-8,12,14,16,20,26H,9-11H2,1H3,(H,24,27)(H,25,28)/t14?,16?,20-/m0/s1. The number of hydrogen-bond donors (Lipinski definition) is 3. The van der Waals surface area contributed by atoms with Crippen LogP contribution in [0.3, 0.4) is 0 Å². The molecule has 1 aliphatic carbocycles. The van der Waals surface area contributed by atoms with Crippen LogP contribution in [0.2, 0.25) is 0 Å². The van der Waals surface area contributed by atoms with Gasteiger partial charge in [0.15, 0.2) is 0 Å². The van der Waals surface area contributed by atoms with Gasteiger partial charge in [-0.2, -0.15) is 0 Å². The number of nitrogens with zero attached hydrogens (tertiary/aromatic N) is 1. The summed E-state index contributed by atoms with van der Waals surface area (Å²) >= 11 is 0. The van der Waals surface area contributed by atoms with Crippen molar-refractivity contribution >= 4 is 16.8 Å². The number of nitrogens with one attached hydrogen (secondary N) is 2.